The van der Waals surface area contributed by atoms with Gasteiger partial charge in [0.05, 0.1) is 12.0 Å². The predicted molar refractivity (Wildman–Crippen MR) is 97.7 cm³/mol. The number of benzene rings is 1. The van der Waals surface area contributed by atoms with Crippen molar-refractivity contribution in [3.63, 3.8) is 0 Å². The molecule has 1 saturated heterocycles. The van der Waals surface area contributed by atoms with Gasteiger partial charge >= 0.3 is 0 Å². The summed E-state index contributed by atoms with van der Waals surface area (Å²) in [4.78, 5) is 18.5. The van der Waals surface area contributed by atoms with Crippen LogP contribution in [0.15, 0.2) is 53.1 Å². The van der Waals surface area contributed by atoms with Crippen LogP contribution in [0.2, 0.25) is 0 Å². The van der Waals surface area contributed by atoms with Gasteiger partial charge in [0.2, 0.25) is 5.91 Å². The molecule has 1 aliphatic heterocycles. The summed E-state index contributed by atoms with van der Waals surface area (Å²) in [6, 6.07) is 14.3. The van der Waals surface area contributed by atoms with Gasteiger partial charge in [-0.1, -0.05) is 24.3 Å². The summed E-state index contributed by atoms with van der Waals surface area (Å²) in [6.45, 7) is 4.98. The number of pyridine rings is 1. The number of carbonyl (C=O) groups is 1. The number of carbonyl (C=O) groups excluding carboxylic acids is 1. The van der Waals surface area contributed by atoms with Gasteiger partial charge in [-0.25, -0.2) is 4.98 Å². The van der Waals surface area contributed by atoms with Crippen molar-refractivity contribution in [2.24, 2.45) is 0 Å². The fourth-order valence-corrected chi connectivity index (χ4v) is 3.68. The van der Waals surface area contributed by atoms with Gasteiger partial charge in [-0.3, -0.25) is 4.79 Å². The van der Waals surface area contributed by atoms with Crippen LogP contribution in [0.4, 0.5) is 5.82 Å². The van der Waals surface area contributed by atoms with Gasteiger partial charge in [-0.05, 0) is 30.5 Å². The van der Waals surface area contributed by atoms with E-state index in [0.29, 0.717) is 6.54 Å². The van der Waals surface area contributed by atoms with Crippen molar-refractivity contribution < 1.29 is 9.21 Å². The van der Waals surface area contributed by atoms with Crippen LogP contribution in [0, 0.1) is 6.92 Å². The molecule has 2 atom stereocenters. The van der Waals surface area contributed by atoms with Crippen molar-refractivity contribution in [3.8, 4) is 0 Å². The highest BCUT2D eigenvalue weighted by molar-refractivity contribution is 5.92. The molecule has 3 aromatic rings. The molecule has 2 unspecified atom stereocenters. The SMILES string of the molecule is CC(=O)NC1CN(c2nccc3ccccc23)CC1c1ccc(C)o1. The van der Waals surface area contributed by atoms with E-state index in [0.717, 1.165) is 29.3 Å². The van der Waals surface area contributed by atoms with Crippen molar-refractivity contribution in [2.45, 2.75) is 25.8 Å². The number of rotatable bonds is 3. The van der Waals surface area contributed by atoms with E-state index in [1.165, 1.54) is 5.39 Å². The van der Waals surface area contributed by atoms with Crippen molar-refractivity contribution in [3.05, 3.63) is 60.2 Å². The Morgan fingerprint density at radius 1 is 1.20 bits per heavy atom. The van der Waals surface area contributed by atoms with E-state index in [2.05, 4.69) is 27.3 Å². The molecule has 5 heteroatoms. The lowest BCUT2D eigenvalue weighted by molar-refractivity contribution is -0.119. The first kappa shape index (κ1) is 15.7. The molecule has 1 amide bonds. The molecule has 1 aromatic carbocycles. The third-order valence-electron chi connectivity index (χ3n) is 4.79. The summed E-state index contributed by atoms with van der Waals surface area (Å²) in [6.07, 6.45) is 1.84. The maximum absolute atomic E-state index is 11.7. The number of hydrogen-bond donors (Lipinski definition) is 1. The Morgan fingerprint density at radius 2 is 2.04 bits per heavy atom. The molecule has 5 nitrogen and oxygen atoms in total. The molecule has 0 bridgehead atoms. The molecular formula is C20H21N3O2. The van der Waals surface area contributed by atoms with E-state index in [1.54, 1.807) is 6.92 Å². The first-order valence-electron chi connectivity index (χ1n) is 8.54. The van der Waals surface area contributed by atoms with Crippen LogP contribution in [0.3, 0.4) is 0 Å². The summed E-state index contributed by atoms with van der Waals surface area (Å²) in [5.41, 5.74) is 0. The Morgan fingerprint density at radius 3 is 2.80 bits per heavy atom. The molecular weight excluding hydrogens is 314 g/mol. The third-order valence-corrected chi connectivity index (χ3v) is 4.79. The van der Waals surface area contributed by atoms with Crippen LogP contribution < -0.4 is 10.2 Å². The zero-order valence-corrected chi connectivity index (χ0v) is 14.4. The van der Waals surface area contributed by atoms with E-state index in [9.17, 15) is 4.79 Å². The van der Waals surface area contributed by atoms with E-state index in [1.807, 2.05) is 43.5 Å². The minimum atomic E-state index is -0.0222. The highest BCUT2D eigenvalue weighted by atomic mass is 16.3. The molecule has 25 heavy (non-hydrogen) atoms. The lowest BCUT2D eigenvalue weighted by Crippen LogP contribution is -2.38. The largest absolute Gasteiger partial charge is 0.466 e. The minimum Gasteiger partial charge on any atom is -0.466 e. The van der Waals surface area contributed by atoms with Gasteiger partial charge in [0.15, 0.2) is 0 Å². The van der Waals surface area contributed by atoms with Crippen molar-refractivity contribution in [1.29, 1.82) is 0 Å². The Kier molecular flexibility index (Phi) is 3.92. The van der Waals surface area contributed by atoms with Gasteiger partial charge in [-0.15, -0.1) is 0 Å². The molecule has 1 fully saturated rings. The van der Waals surface area contributed by atoms with Crippen molar-refractivity contribution in [1.82, 2.24) is 10.3 Å². The van der Waals surface area contributed by atoms with Crippen LogP contribution in [0.1, 0.15) is 24.4 Å². The average Bonchev–Trinajstić information content (AvgIpc) is 3.20. The first-order valence-corrected chi connectivity index (χ1v) is 8.54. The Hall–Kier alpha value is -2.82. The number of aryl methyl sites for hydroxylation is 1. The number of furan rings is 1. The molecule has 3 heterocycles. The second-order valence-electron chi connectivity index (χ2n) is 6.62. The molecule has 4 rings (SSSR count). The number of hydrogen-bond acceptors (Lipinski definition) is 4. The normalized spacial score (nSPS) is 20.2. The van der Waals surface area contributed by atoms with E-state index >= 15 is 0 Å². The second kappa shape index (κ2) is 6.24. The molecule has 0 spiro atoms. The van der Waals surface area contributed by atoms with Gasteiger partial charge in [0.1, 0.15) is 17.3 Å². The molecule has 128 valence electrons. The van der Waals surface area contributed by atoms with Gasteiger partial charge in [-0.2, -0.15) is 0 Å². The minimum absolute atomic E-state index is 0.00354. The monoisotopic (exact) mass is 335 g/mol. The van der Waals surface area contributed by atoms with Crippen LogP contribution in [0.25, 0.3) is 10.8 Å². The molecule has 2 aromatic heterocycles. The van der Waals surface area contributed by atoms with Crippen molar-refractivity contribution in [2.75, 3.05) is 18.0 Å². The fourth-order valence-electron chi connectivity index (χ4n) is 3.68. The number of aromatic nitrogens is 1. The average molecular weight is 335 g/mol. The number of nitrogens with zero attached hydrogens (tertiary/aromatic N) is 2. The molecule has 0 aliphatic carbocycles. The topological polar surface area (TPSA) is 58.4 Å². The fraction of sp³-hybridized carbons (Fsp3) is 0.300. The highest BCUT2D eigenvalue weighted by Gasteiger charge is 2.37. The number of anilines is 1. The summed E-state index contributed by atoms with van der Waals surface area (Å²) in [5, 5.41) is 5.37. The lowest BCUT2D eigenvalue weighted by atomic mass is 10.0. The Bertz CT molecular complexity index is 913. The van der Waals surface area contributed by atoms with Crippen LogP contribution in [-0.4, -0.2) is 30.0 Å². The Labute approximate surface area is 146 Å². The van der Waals surface area contributed by atoms with E-state index < -0.39 is 0 Å². The standard InChI is InChI=1S/C20H21N3O2/c1-13-7-8-19(25-13)17-11-23(12-18(17)22-14(2)24)20-16-6-4-3-5-15(16)9-10-21-20/h3-10,17-18H,11-12H2,1-2H3,(H,22,24). The lowest BCUT2D eigenvalue weighted by Gasteiger charge is -2.19. The van der Waals surface area contributed by atoms with Crippen molar-refractivity contribution >= 4 is 22.5 Å². The Balaban J connectivity index is 1.70. The summed E-state index contributed by atoms with van der Waals surface area (Å²) >= 11 is 0. The molecule has 0 saturated carbocycles. The van der Waals surface area contributed by atoms with Gasteiger partial charge < -0.3 is 14.6 Å². The smallest absolute Gasteiger partial charge is 0.217 e. The molecule has 1 N–H and O–H groups in total. The van der Waals surface area contributed by atoms with Crippen LogP contribution >= 0.6 is 0 Å². The van der Waals surface area contributed by atoms with E-state index in [-0.39, 0.29) is 17.9 Å². The third kappa shape index (κ3) is 2.97. The first-order chi connectivity index (χ1) is 12.1. The molecule has 0 radical (unpaired) electrons. The predicted octanol–water partition coefficient (Wildman–Crippen LogP) is 3.24. The highest BCUT2D eigenvalue weighted by Crippen LogP contribution is 2.34. The van der Waals surface area contributed by atoms with Crippen LogP contribution in [-0.2, 0) is 4.79 Å². The summed E-state index contributed by atoms with van der Waals surface area (Å²) in [7, 11) is 0. The second-order valence-corrected chi connectivity index (χ2v) is 6.62. The number of amides is 1. The number of fused-ring (bicyclic) bond motifs is 1. The zero-order chi connectivity index (χ0) is 17.4. The maximum atomic E-state index is 11.7. The van der Waals surface area contributed by atoms with E-state index in [4.69, 9.17) is 4.42 Å². The quantitative estimate of drug-likeness (QED) is 0.798. The number of nitrogens with one attached hydrogen (secondary N) is 1. The van der Waals surface area contributed by atoms with Gasteiger partial charge in [0.25, 0.3) is 0 Å². The maximum Gasteiger partial charge on any atom is 0.217 e. The summed E-state index contributed by atoms with van der Waals surface area (Å²) < 4.78 is 5.85. The van der Waals surface area contributed by atoms with Gasteiger partial charge in [0, 0.05) is 31.6 Å². The van der Waals surface area contributed by atoms with Crippen LogP contribution in [0.5, 0.6) is 0 Å². The molecule has 1 aliphatic rings. The zero-order valence-electron chi connectivity index (χ0n) is 14.4. The summed E-state index contributed by atoms with van der Waals surface area (Å²) in [5.74, 6) is 2.85.